The topological polar surface area (TPSA) is 58.2 Å². The molecular formula is C18H20N2O2. The Balaban J connectivity index is 2.08. The maximum absolute atomic E-state index is 12.3. The van der Waals surface area contributed by atoms with E-state index in [0.29, 0.717) is 17.7 Å². The lowest BCUT2D eigenvalue weighted by atomic mass is 10.1. The third-order valence-corrected chi connectivity index (χ3v) is 3.40. The van der Waals surface area contributed by atoms with Crippen molar-refractivity contribution in [1.82, 2.24) is 0 Å². The highest BCUT2D eigenvalue weighted by Crippen LogP contribution is 2.17. The van der Waals surface area contributed by atoms with Gasteiger partial charge in [-0.2, -0.15) is 0 Å². The number of rotatable bonds is 5. The van der Waals surface area contributed by atoms with Crippen LogP contribution in [0.15, 0.2) is 48.5 Å². The average molecular weight is 296 g/mol. The number of para-hydroxylation sites is 1. The Bertz CT molecular complexity index is 663. The van der Waals surface area contributed by atoms with E-state index in [0.717, 1.165) is 17.7 Å². The fourth-order valence-electron chi connectivity index (χ4n) is 2.10. The first kappa shape index (κ1) is 15.8. The zero-order chi connectivity index (χ0) is 15.9. The smallest absolute Gasteiger partial charge is 0.255 e. The summed E-state index contributed by atoms with van der Waals surface area (Å²) in [5.41, 5.74) is 3.18. The molecule has 114 valence electrons. The highest BCUT2D eigenvalue weighted by atomic mass is 16.2. The molecule has 0 atom stereocenters. The van der Waals surface area contributed by atoms with Crippen LogP contribution in [0.1, 0.15) is 36.2 Å². The summed E-state index contributed by atoms with van der Waals surface area (Å²) in [5, 5.41) is 5.68. The second kappa shape index (κ2) is 7.41. The maximum Gasteiger partial charge on any atom is 0.255 e. The maximum atomic E-state index is 12.3. The van der Waals surface area contributed by atoms with E-state index in [1.807, 2.05) is 24.3 Å². The first-order valence-corrected chi connectivity index (χ1v) is 7.43. The molecule has 2 rings (SSSR count). The van der Waals surface area contributed by atoms with Gasteiger partial charge in [0.05, 0.1) is 0 Å². The third kappa shape index (κ3) is 3.95. The number of nitrogens with one attached hydrogen (secondary N) is 2. The van der Waals surface area contributed by atoms with Crippen LogP contribution < -0.4 is 10.6 Å². The van der Waals surface area contributed by atoms with E-state index in [2.05, 4.69) is 17.6 Å². The molecule has 0 aromatic heterocycles. The normalized spacial score (nSPS) is 10.1. The second-order valence-electron chi connectivity index (χ2n) is 4.94. The van der Waals surface area contributed by atoms with E-state index in [9.17, 15) is 9.59 Å². The quantitative estimate of drug-likeness (QED) is 0.880. The van der Waals surface area contributed by atoms with Crippen molar-refractivity contribution in [2.45, 2.75) is 26.7 Å². The molecule has 2 aromatic carbocycles. The first-order valence-electron chi connectivity index (χ1n) is 7.43. The Labute approximate surface area is 130 Å². The van der Waals surface area contributed by atoms with Crippen molar-refractivity contribution in [2.75, 3.05) is 10.6 Å². The number of hydrogen-bond acceptors (Lipinski definition) is 2. The van der Waals surface area contributed by atoms with Gasteiger partial charge in [-0.1, -0.05) is 32.0 Å². The Kier molecular flexibility index (Phi) is 5.31. The van der Waals surface area contributed by atoms with Gasteiger partial charge in [0, 0.05) is 23.4 Å². The van der Waals surface area contributed by atoms with Gasteiger partial charge >= 0.3 is 0 Å². The number of amides is 2. The zero-order valence-corrected chi connectivity index (χ0v) is 12.8. The molecule has 0 spiro atoms. The van der Waals surface area contributed by atoms with Crippen molar-refractivity contribution in [3.05, 3.63) is 59.7 Å². The Morgan fingerprint density at radius 3 is 2.23 bits per heavy atom. The number of carbonyl (C=O) groups excluding carboxylic acids is 2. The van der Waals surface area contributed by atoms with Crippen LogP contribution in [0.2, 0.25) is 0 Å². The largest absolute Gasteiger partial charge is 0.326 e. The van der Waals surface area contributed by atoms with E-state index >= 15 is 0 Å². The summed E-state index contributed by atoms with van der Waals surface area (Å²) >= 11 is 0. The highest BCUT2D eigenvalue weighted by molar-refractivity contribution is 6.05. The summed E-state index contributed by atoms with van der Waals surface area (Å²) in [6.07, 6.45) is 1.29. The van der Waals surface area contributed by atoms with Crippen LogP contribution in [0.3, 0.4) is 0 Å². The van der Waals surface area contributed by atoms with E-state index < -0.39 is 0 Å². The van der Waals surface area contributed by atoms with Gasteiger partial charge < -0.3 is 10.6 Å². The molecule has 4 nitrogen and oxygen atoms in total. The molecule has 4 heteroatoms. The molecule has 0 saturated carbocycles. The van der Waals surface area contributed by atoms with Gasteiger partial charge in [-0.25, -0.2) is 0 Å². The number of aryl methyl sites for hydroxylation is 1. The summed E-state index contributed by atoms with van der Waals surface area (Å²) in [6.45, 7) is 3.85. The van der Waals surface area contributed by atoms with Crippen LogP contribution in [0.25, 0.3) is 0 Å². The number of hydrogen-bond donors (Lipinski definition) is 2. The van der Waals surface area contributed by atoms with Crippen LogP contribution in [-0.4, -0.2) is 11.8 Å². The fraction of sp³-hybridized carbons (Fsp3) is 0.222. The summed E-state index contributed by atoms with van der Waals surface area (Å²) < 4.78 is 0. The SMILES string of the molecule is CCC(=O)Nc1ccc(C(=O)Nc2ccccc2CC)cc1. The lowest BCUT2D eigenvalue weighted by Crippen LogP contribution is -2.14. The molecule has 22 heavy (non-hydrogen) atoms. The first-order chi connectivity index (χ1) is 10.6. The molecule has 0 aliphatic rings. The molecule has 0 unspecified atom stereocenters. The molecule has 0 aliphatic heterocycles. The van der Waals surface area contributed by atoms with Gasteiger partial charge in [-0.15, -0.1) is 0 Å². The molecular weight excluding hydrogens is 276 g/mol. The van der Waals surface area contributed by atoms with E-state index in [1.165, 1.54) is 0 Å². The zero-order valence-electron chi connectivity index (χ0n) is 12.8. The second-order valence-corrected chi connectivity index (χ2v) is 4.94. The van der Waals surface area contributed by atoms with Crippen molar-refractivity contribution in [3.63, 3.8) is 0 Å². The Morgan fingerprint density at radius 1 is 0.909 bits per heavy atom. The third-order valence-electron chi connectivity index (χ3n) is 3.40. The summed E-state index contributed by atoms with van der Waals surface area (Å²) in [5.74, 6) is -0.205. The summed E-state index contributed by atoms with van der Waals surface area (Å²) in [7, 11) is 0. The molecule has 0 heterocycles. The monoisotopic (exact) mass is 296 g/mol. The van der Waals surface area contributed by atoms with Crippen LogP contribution in [0.5, 0.6) is 0 Å². The van der Waals surface area contributed by atoms with Crippen LogP contribution in [-0.2, 0) is 11.2 Å². The van der Waals surface area contributed by atoms with E-state index in [-0.39, 0.29) is 11.8 Å². The van der Waals surface area contributed by atoms with Gasteiger partial charge in [-0.05, 0) is 42.3 Å². The molecule has 0 aliphatic carbocycles. The predicted molar refractivity (Wildman–Crippen MR) is 89.1 cm³/mol. The van der Waals surface area contributed by atoms with Gasteiger partial charge in [0.15, 0.2) is 0 Å². The molecule has 0 bridgehead atoms. The summed E-state index contributed by atoms with van der Waals surface area (Å²) in [6, 6.07) is 14.6. The van der Waals surface area contributed by atoms with Gasteiger partial charge in [0.25, 0.3) is 5.91 Å². The van der Waals surface area contributed by atoms with E-state index in [4.69, 9.17) is 0 Å². The van der Waals surface area contributed by atoms with Crippen LogP contribution in [0.4, 0.5) is 11.4 Å². The minimum absolute atomic E-state index is 0.0472. The predicted octanol–water partition coefficient (Wildman–Crippen LogP) is 3.85. The number of carbonyl (C=O) groups is 2. The summed E-state index contributed by atoms with van der Waals surface area (Å²) in [4.78, 5) is 23.6. The van der Waals surface area contributed by atoms with Crippen molar-refractivity contribution in [2.24, 2.45) is 0 Å². The fourth-order valence-corrected chi connectivity index (χ4v) is 2.10. The molecule has 2 aromatic rings. The Morgan fingerprint density at radius 2 is 1.59 bits per heavy atom. The van der Waals surface area contributed by atoms with Gasteiger partial charge in [-0.3, -0.25) is 9.59 Å². The van der Waals surface area contributed by atoms with Crippen LogP contribution >= 0.6 is 0 Å². The Hall–Kier alpha value is -2.62. The standard InChI is InChI=1S/C18H20N2O2/c1-3-13-7-5-6-8-16(13)20-18(22)14-9-11-15(12-10-14)19-17(21)4-2/h5-12H,3-4H2,1-2H3,(H,19,21)(H,20,22). The molecule has 2 amide bonds. The lowest BCUT2D eigenvalue weighted by Gasteiger charge is -2.10. The van der Waals surface area contributed by atoms with Crippen molar-refractivity contribution in [3.8, 4) is 0 Å². The molecule has 0 fully saturated rings. The van der Waals surface area contributed by atoms with Crippen molar-refractivity contribution >= 4 is 23.2 Å². The lowest BCUT2D eigenvalue weighted by molar-refractivity contribution is -0.115. The highest BCUT2D eigenvalue weighted by Gasteiger charge is 2.08. The van der Waals surface area contributed by atoms with Crippen molar-refractivity contribution in [1.29, 1.82) is 0 Å². The minimum Gasteiger partial charge on any atom is -0.326 e. The van der Waals surface area contributed by atoms with Crippen LogP contribution in [0, 0.1) is 0 Å². The van der Waals surface area contributed by atoms with Gasteiger partial charge in [0.1, 0.15) is 0 Å². The molecule has 0 saturated heterocycles. The van der Waals surface area contributed by atoms with Crippen molar-refractivity contribution < 1.29 is 9.59 Å². The molecule has 2 N–H and O–H groups in total. The molecule has 0 radical (unpaired) electrons. The number of benzene rings is 2. The van der Waals surface area contributed by atoms with Gasteiger partial charge in [0.2, 0.25) is 5.91 Å². The van der Waals surface area contributed by atoms with E-state index in [1.54, 1.807) is 31.2 Å². The number of anilines is 2. The average Bonchev–Trinajstić information content (AvgIpc) is 2.55. The minimum atomic E-state index is -0.158.